The van der Waals surface area contributed by atoms with E-state index < -0.39 is 0 Å². The monoisotopic (exact) mass is 510 g/mol. The standard InChI is InChI=1S/C22H25Br2FN2O/c1-15(21(28)26-14-16-11-18(23)13-19(24)12-16)22(7-9-27(2)10-8-22)17-3-5-20(25)6-4-17/h3-6,11-13,15H,7-10,14H2,1-2H3,(H,26,28). The Balaban J connectivity index is 1.79. The van der Waals surface area contributed by atoms with Gasteiger partial charge in [0, 0.05) is 26.8 Å². The summed E-state index contributed by atoms with van der Waals surface area (Å²) in [6.45, 7) is 4.32. The van der Waals surface area contributed by atoms with Crippen LogP contribution in [0.5, 0.6) is 0 Å². The third-order valence-electron chi connectivity index (χ3n) is 5.91. The van der Waals surface area contributed by atoms with Gasteiger partial charge in [0.25, 0.3) is 0 Å². The molecule has 0 aliphatic carbocycles. The normalized spacial score (nSPS) is 17.9. The highest BCUT2D eigenvalue weighted by Gasteiger charge is 2.43. The van der Waals surface area contributed by atoms with Crippen molar-refractivity contribution in [3.05, 3.63) is 68.4 Å². The summed E-state index contributed by atoms with van der Waals surface area (Å²) in [6.07, 6.45) is 1.76. The molecule has 150 valence electrons. The van der Waals surface area contributed by atoms with Crippen LogP contribution in [0.3, 0.4) is 0 Å². The molecule has 1 amide bonds. The summed E-state index contributed by atoms with van der Waals surface area (Å²) in [6, 6.07) is 12.7. The molecule has 0 saturated carbocycles. The van der Waals surface area contributed by atoms with Crippen molar-refractivity contribution in [1.29, 1.82) is 0 Å². The number of benzene rings is 2. The lowest BCUT2D eigenvalue weighted by atomic mass is 9.64. The lowest BCUT2D eigenvalue weighted by molar-refractivity contribution is -0.127. The van der Waals surface area contributed by atoms with Crippen LogP contribution in [0.4, 0.5) is 4.39 Å². The van der Waals surface area contributed by atoms with E-state index in [2.05, 4.69) is 49.1 Å². The Morgan fingerprint density at radius 1 is 1.14 bits per heavy atom. The van der Waals surface area contributed by atoms with E-state index in [1.807, 2.05) is 37.3 Å². The van der Waals surface area contributed by atoms with Crippen molar-refractivity contribution in [3.63, 3.8) is 0 Å². The van der Waals surface area contributed by atoms with Crippen molar-refractivity contribution in [3.8, 4) is 0 Å². The SMILES string of the molecule is CC(C(=O)NCc1cc(Br)cc(Br)c1)C1(c2ccc(F)cc2)CCN(C)CC1. The van der Waals surface area contributed by atoms with Gasteiger partial charge in [-0.25, -0.2) is 4.39 Å². The molecule has 2 aromatic carbocycles. The molecule has 1 aliphatic rings. The average molecular weight is 512 g/mol. The summed E-state index contributed by atoms with van der Waals surface area (Å²) in [4.78, 5) is 15.4. The molecule has 28 heavy (non-hydrogen) atoms. The second-order valence-corrected chi connectivity index (χ2v) is 9.51. The summed E-state index contributed by atoms with van der Waals surface area (Å²) < 4.78 is 15.4. The first-order chi connectivity index (χ1) is 13.3. The van der Waals surface area contributed by atoms with Crippen LogP contribution in [-0.4, -0.2) is 30.9 Å². The molecular formula is C22H25Br2FN2O. The number of rotatable bonds is 5. The van der Waals surface area contributed by atoms with E-state index >= 15 is 0 Å². The van der Waals surface area contributed by atoms with Crippen LogP contribution in [0.2, 0.25) is 0 Å². The Bertz CT molecular complexity index is 813. The van der Waals surface area contributed by atoms with Crippen LogP contribution in [0, 0.1) is 11.7 Å². The lowest BCUT2D eigenvalue weighted by Crippen LogP contribution is -2.49. The van der Waals surface area contributed by atoms with Gasteiger partial charge in [0.2, 0.25) is 5.91 Å². The van der Waals surface area contributed by atoms with E-state index in [1.54, 1.807) is 0 Å². The van der Waals surface area contributed by atoms with Gasteiger partial charge in [0.1, 0.15) is 5.82 Å². The number of carbonyl (C=O) groups is 1. The van der Waals surface area contributed by atoms with Crippen molar-refractivity contribution in [2.75, 3.05) is 20.1 Å². The maximum absolute atomic E-state index is 13.5. The van der Waals surface area contributed by atoms with Crippen LogP contribution in [0.15, 0.2) is 51.4 Å². The first-order valence-corrected chi connectivity index (χ1v) is 11.1. The quantitative estimate of drug-likeness (QED) is 0.593. The minimum absolute atomic E-state index is 0.0324. The molecule has 1 saturated heterocycles. The molecule has 1 unspecified atom stereocenters. The average Bonchev–Trinajstić information content (AvgIpc) is 2.66. The Labute approximate surface area is 183 Å². The highest BCUT2D eigenvalue weighted by molar-refractivity contribution is 9.11. The van der Waals surface area contributed by atoms with Gasteiger partial charge < -0.3 is 10.2 Å². The molecule has 1 fully saturated rings. The predicted molar refractivity (Wildman–Crippen MR) is 118 cm³/mol. The molecule has 3 nitrogen and oxygen atoms in total. The van der Waals surface area contributed by atoms with E-state index in [1.165, 1.54) is 12.1 Å². The number of piperidine rings is 1. The van der Waals surface area contributed by atoms with Crippen molar-refractivity contribution < 1.29 is 9.18 Å². The molecule has 1 N–H and O–H groups in total. The smallest absolute Gasteiger partial charge is 0.223 e. The third kappa shape index (κ3) is 4.84. The van der Waals surface area contributed by atoms with Gasteiger partial charge in [-0.2, -0.15) is 0 Å². The summed E-state index contributed by atoms with van der Waals surface area (Å²) in [5, 5.41) is 3.10. The molecule has 1 atom stereocenters. The van der Waals surface area contributed by atoms with Gasteiger partial charge in [-0.05, 0) is 74.4 Å². The predicted octanol–water partition coefficient (Wildman–Crippen LogP) is 5.27. The Morgan fingerprint density at radius 2 is 1.71 bits per heavy atom. The van der Waals surface area contributed by atoms with Crippen LogP contribution in [0.25, 0.3) is 0 Å². The zero-order valence-corrected chi connectivity index (χ0v) is 19.3. The van der Waals surface area contributed by atoms with Crippen molar-refractivity contribution >= 4 is 37.8 Å². The molecule has 6 heteroatoms. The van der Waals surface area contributed by atoms with Gasteiger partial charge in [-0.3, -0.25) is 4.79 Å². The Hall–Kier alpha value is -1.24. The number of halogens is 3. The number of nitrogens with one attached hydrogen (secondary N) is 1. The fourth-order valence-electron chi connectivity index (χ4n) is 4.08. The fraction of sp³-hybridized carbons (Fsp3) is 0.409. The zero-order chi connectivity index (χ0) is 20.3. The number of amides is 1. The fourth-order valence-corrected chi connectivity index (χ4v) is 5.47. The maximum Gasteiger partial charge on any atom is 0.223 e. The first kappa shape index (κ1) is 21.5. The minimum atomic E-state index is -0.276. The second-order valence-electron chi connectivity index (χ2n) is 7.68. The highest BCUT2D eigenvalue weighted by atomic mass is 79.9. The minimum Gasteiger partial charge on any atom is -0.352 e. The van der Waals surface area contributed by atoms with Crippen LogP contribution < -0.4 is 5.32 Å². The number of carbonyl (C=O) groups excluding carboxylic acids is 1. The molecule has 0 spiro atoms. The van der Waals surface area contributed by atoms with E-state index in [0.29, 0.717) is 6.54 Å². The molecule has 1 aliphatic heterocycles. The van der Waals surface area contributed by atoms with Crippen LogP contribution in [-0.2, 0) is 16.8 Å². The van der Waals surface area contributed by atoms with Gasteiger partial charge in [-0.15, -0.1) is 0 Å². The lowest BCUT2D eigenvalue weighted by Gasteiger charge is -2.44. The van der Waals surface area contributed by atoms with E-state index in [-0.39, 0.29) is 23.1 Å². The van der Waals surface area contributed by atoms with E-state index in [0.717, 1.165) is 46.0 Å². The molecule has 3 rings (SSSR count). The molecule has 2 aromatic rings. The topological polar surface area (TPSA) is 32.3 Å². The summed E-state index contributed by atoms with van der Waals surface area (Å²) in [5.74, 6) is -0.420. The molecular weight excluding hydrogens is 487 g/mol. The third-order valence-corrected chi connectivity index (χ3v) is 6.83. The van der Waals surface area contributed by atoms with E-state index in [4.69, 9.17) is 0 Å². The molecule has 0 radical (unpaired) electrons. The zero-order valence-electron chi connectivity index (χ0n) is 16.1. The largest absolute Gasteiger partial charge is 0.352 e. The Kier molecular flexibility index (Phi) is 6.94. The van der Waals surface area contributed by atoms with Crippen molar-refractivity contribution in [1.82, 2.24) is 10.2 Å². The Morgan fingerprint density at radius 3 is 2.29 bits per heavy atom. The number of hydrogen-bond acceptors (Lipinski definition) is 2. The van der Waals surface area contributed by atoms with Gasteiger partial charge in [0.05, 0.1) is 0 Å². The van der Waals surface area contributed by atoms with Gasteiger partial charge in [0.15, 0.2) is 0 Å². The molecule has 0 aromatic heterocycles. The first-order valence-electron chi connectivity index (χ1n) is 9.47. The number of likely N-dealkylation sites (tertiary alicyclic amines) is 1. The van der Waals surface area contributed by atoms with E-state index in [9.17, 15) is 9.18 Å². The number of hydrogen-bond donors (Lipinski definition) is 1. The summed E-state index contributed by atoms with van der Waals surface area (Å²) >= 11 is 6.97. The van der Waals surface area contributed by atoms with Gasteiger partial charge >= 0.3 is 0 Å². The van der Waals surface area contributed by atoms with Crippen LogP contribution in [0.1, 0.15) is 30.9 Å². The summed E-state index contributed by atoms with van der Waals surface area (Å²) in [7, 11) is 2.10. The molecule has 1 heterocycles. The van der Waals surface area contributed by atoms with Gasteiger partial charge in [-0.1, -0.05) is 50.9 Å². The maximum atomic E-state index is 13.5. The van der Waals surface area contributed by atoms with Crippen LogP contribution >= 0.6 is 31.9 Å². The molecule has 0 bridgehead atoms. The second kappa shape index (κ2) is 9.06. The number of nitrogens with zero attached hydrogens (tertiary/aromatic N) is 1. The van der Waals surface area contributed by atoms with Crippen molar-refractivity contribution in [2.45, 2.75) is 31.7 Å². The summed E-state index contributed by atoms with van der Waals surface area (Å²) in [5.41, 5.74) is 1.80. The highest BCUT2D eigenvalue weighted by Crippen LogP contribution is 2.42. The van der Waals surface area contributed by atoms with Crippen molar-refractivity contribution in [2.24, 2.45) is 5.92 Å².